The third-order valence-corrected chi connectivity index (χ3v) is 3.66. The first-order valence-electron chi connectivity index (χ1n) is 7.14. The van der Waals surface area contributed by atoms with Gasteiger partial charge in [-0.1, -0.05) is 0 Å². The van der Waals surface area contributed by atoms with E-state index in [2.05, 4.69) is 5.32 Å². The highest BCUT2D eigenvalue weighted by Crippen LogP contribution is 2.26. The van der Waals surface area contributed by atoms with Gasteiger partial charge < -0.3 is 20.7 Å². The predicted octanol–water partition coefficient (Wildman–Crippen LogP) is 1.34. The van der Waals surface area contributed by atoms with Crippen LogP contribution < -0.4 is 11.1 Å². The van der Waals surface area contributed by atoms with Gasteiger partial charge in [-0.3, -0.25) is 14.9 Å². The summed E-state index contributed by atoms with van der Waals surface area (Å²) in [4.78, 5) is 35.4. The molecule has 1 aromatic carbocycles. The topological polar surface area (TPSA) is 128 Å². The molecule has 1 fully saturated rings. The molecule has 0 radical (unpaired) electrons. The number of carbonyl (C=O) groups excluding carboxylic acids is 2. The number of ether oxygens (including phenoxy) is 1. The van der Waals surface area contributed by atoms with Crippen LogP contribution in [-0.4, -0.2) is 48.1 Å². The fraction of sp³-hybridized carbons (Fsp3) is 0.429. The number of anilines is 1. The summed E-state index contributed by atoms with van der Waals surface area (Å²) in [5.74, 6) is -0.339. The molecule has 1 saturated heterocycles. The van der Waals surface area contributed by atoms with Crippen molar-refractivity contribution in [1.82, 2.24) is 4.90 Å². The molecule has 1 atom stereocenters. The number of nitrogens with two attached hydrogens (primary N) is 1. The number of nitrogens with zero attached hydrogens (tertiary/aromatic N) is 2. The molecule has 1 aliphatic rings. The van der Waals surface area contributed by atoms with E-state index in [0.29, 0.717) is 25.1 Å². The summed E-state index contributed by atoms with van der Waals surface area (Å²) in [5.41, 5.74) is 5.38. The fourth-order valence-corrected chi connectivity index (χ4v) is 2.59. The zero-order chi connectivity index (χ0) is 17.0. The Morgan fingerprint density at radius 2 is 2.22 bits per heavy atom. The van der Waals surface area contributed by atoms with Crippen LogP contribution in [0, 0.1) is 10.1 Å². The Kier molecular flexibility index (Phi) is 4.99. The van der Waals surface area contributed by atoms with Gasteiger partial charge in [0.15, 0.2) is 0 Å². The lowest BCUT2D eigenvalue weighted by molar-refractivity contribution is -0.384. The number of nitro benzene ring substituents is 1. The van der Waals surface area contributed by atoms with Crippen molar-refractivity contribution in [2.45, 2.75) is 18.9 Å². The molecule has 0 unspecified atom stereocenters. The monoisotopic (exact) mass is 322 g/mol. The quantitative estimate of drug-likeness (QED) is 0.636. The van der Waals surface area contributed by atoms with Gasteiger partial charge in [0.25, 0.3) is 11.6 Å². The Balaban J connectivity index is 2.18. The molecule has 23 heavy (non-hydrogen) atoms. The smallest absolute Gasteiger partial charge is 0.404 e. The van der Waals surface area contributed by atoms with Crippen molar-refractivity contribution in [2.24, 2.45) is 5.73 Å². The van der Waals surface area contributed by atoms with Crippen LogP contribution in [0.1, 0.15) is 23.2 Å². The number of hydrogen-bond donors (Lipinski definition) is 2. The van der Waals surface area contributed by atoms with Crippen LogP contribution in [0.4, 0.5) is 16.2 Å². The Hall–Kier alpha value is -2.84. The third kappa shape index (κ3) is 3.87. The van der Waals surface area contributed by atoms with Gasteiger partial charge in [-0.2, -0.15) is 0 Å². The number of likely N-dealkylation sites (tertiary alicyclic amines) is 1. The minimum absolute atomic E-state index is 0.166. The number of hydrogen-bond acceptors (Lipinski definition) is 6. The summed E-state index contributed by atoms with van der Waals surface area (Å²) in [7, 11) is 1.57. The van der Waals surface area contributed by atoms with Gasteiger partial charge in [-0.25, -0.2) is 4.79 Å². The van der Waals surface area contributed by atoms with Crippen LogP contribution in [0.2, 0.25) is 0 Å². The van der Waals surface area contributed by atoms with Crippen LogP contribution in [0.25, 0.3) is 0 Å². The van der Waals surface area contributed by atoms with E-state index < -0.39 is 17.1 Å². The number of carbonyl (C=O) groups is 2. The zero-order valence-electron chi connectivity index (χ0n) is 12.7. The number of amides is 2. The molecule has 9 heteroatoms. The van der Waals surface area contributed by atoms with Crippen LogP contribution in [-0.2, 0) is 4.74 Å². The molecule has 2 rings (SSSR count). The lowest BCUT2D eigenvalue weighted by Gasteiger charge is -2.32. The first-order chi connectivity index (χ1) is 10.9. The van der Waals surface area contributed by atoms with Crippen LogP contribution >= 0.6 is 0 Å². The van der Waals surface area contributed by atoms with E-state index in [1.165, 1.54) is 23.1 Å². The van der Waals surface area contributed by atoms with Crippen LogP contribution in [0.15, 0.2) is 18.2 Å². The number of nitrogens with one attached hydrogen (secondary N) is 1. The Labute approximate surface area is 132 Å². The maximum Gasteiger partial charge on any atom is 0.404 e. The number of piperidine rings is 1. The highest BCUT2D eigenvalue weighted by molar-refractivity contribution is 5.95. The van der Waals surface area contributed by atoms with E-state index in [-0.39, 0.29) is 23.7 Å². The minimum atomic E-state index is -0.877. The molecule has 124 valence electrons. The van der Waals surface area contributed by atoms with Gasteiger partial charge in [-0.05, 0) is 25.0 Å². The molecule has 0 aliphatic carbocycles. The predicted molar refractivity (Wildman–Crippen MR) is 82.2 cm³/mol. The molecule has 1 aromatic rings. The lowest BCUT2D eigenvalue weighted by Crippen LogP contribution is -2.44. The van der Waals surface area contributed by atoms with E-state index in [4.69, 9.17) is 10.5 Å². The van der Waals surface area contributed by atoms with Gasteiger partial charge >= 0.3 is 6.09 Å². The zero-order valence-corrected chi connectivity index (χ0v) is 12.7. The number of nitro groups is 1. The SMILES string of the molecule is CNc1ccc(C(=O)N2CCC[C@@H](OC(N)=O)C2)cc1[N+](=O)[O-]. The Morgan fingerprint density at radius 3 is 2.83 bits per heavy atom. The van der Waals surface area contributed by atoms with Crippen molar-refractivity contribution in [2.75, 3.05) is 25.5 Å². The lowest BCUT2D eigenvalue weighted by atomic mass is 10.1. The van der Waals surface area contributed by atoms with E-state index in [9.17, 15) is 19.7 Å². The molecule has 0 saturated carbocycles. The Bertz CT molecular complexity index is 634. The van der Waals surface area contributed by atoms with E-state index in [1.807, 2.05) is 0 Å². The Morgan fingerprint density at radius 1 is 1.48 bits per heavy atom. The number of rotatable bonds is 4. The van der Waals surface area contributed by atoms with Crippen molar-refractivity contribution >= 4 is 23.4 Å². The van der Waals surface area contributed by atoms with Crippen LogP contribution in [0.3, 0.4) is 0 Å². The minimum Gasteiger partial charge on any atom is -0.445 e. The molecule has 0 aromatic heterocycles. The van der Waals surface area contributed by atoms with Gasteiger partial charge in [-0.15, -0.1) is 0 Å². The maximum absolute atomic E-state index is 12.5. The first kappa shape index (κ1) is 16.5. The standard InChI is InChI=1S/C14H18N4O5/c1-16-11-5-4-9(7-12(11)18(21)22)13(19)17-6-2-3-10(8-17)23-14(15)20/h4-5,7,10,16H,2-3,6,8H2,1H3,(H2,15,20)/t10-/m1/s1. The van der Waals surface area contributed by atoms with Crippen molar-refractivity contribution in [3.8, 4) is 0 Å². The average Bonchev–Trinajstić information content (AvgIpc) is 2.53. The fourth-order valence-electron chi connectivity index (χ4n) is 2.59. The summed E-state index contributed by atoms with van der Waals surface area (Å²) in [5, 5.41) is 13.8. The molecule has 1 aliphatic heterocycles. The van der Waals surface area contributed by atoms with Crippen molar-refractivity contribution < 1.29 is 19.2 Å². The highest BCUT2D eigenvalue weighted by Gasteiger charge is 2.27. The van der Waals surface area contributed by atoms with Gasteiger partial charge in [0.2, 0.25) is 0 Å². The summed E-state index contributed by atoms with van der Waals surface area (Å²) >= 11 is 0. The summed E-state index contributed by atoms with van der Waals surface area (Å²) < 4.78 is 4.93. The van der Waals surface area contributed by atoms with E-state index >= 15 is 0 Å². The number of benzene rings is 1. The highest BCUT2D eigenvalue weighted by atomic mass is 16.6. The molecular weight excluding hydrogens is 304 g/mol. The second-order valence-electron chi connectivity index (χ2n) is 5.19. The van der Waals surface area contributed by atoms with Gasteiger partial charge in [0, 0.05) is 25.2 Å². The largest absolute Gasteiger partial charge is 0.445 e. The number of primary amides is 1. The maximum atomic E-state index is 12.5. The third-order valence-electron chi connectivity index (χ3n) is 3.66. The molecular formula is C14H18N4O5. The van der Waals surface area contributed by atoms with Gasteiger partial charge in [0.05, 0.1) is 11.5 Å². The molecule has 2 amide bonds. The van der Waals surface area contributed by atoms with E-state index in [1.54, 1.807) is 7.05 Å². The first-order valence-corrected chi connectivity index (χ1v) is 7.14. The molecule has 3 N–H and O–H groups in total. The van der Waals surface area contributed by atoms with Crippen molar-refractivity contribution in [3.63, 3.8) is 0 Å². The second-order valence-corrected chi connectivity index (χ2v) is 5.19. The molecule has 0 bridgehead atoms. The molecule has 9 nitrogen and oxygen atoms in total. The summed E-state index contributed by atoms with van der Waals surface area (Å²) in [6.07, 6.45) is -0.0264. The normalized spacial score (nSPS) is 17.4. The van der Waals surface area contributed by atoms with E-state index in [0.717, 1.165) is 0 Å². The van der Waals surface area contributed by atoms with Crippen LogP contribution in [0.5, 0.6) is 0 Å². The molecule has 1 heterocycles. The molecule has 0 spiro atoms. The van der Waals surface area contributed by atoms with Gasteiger partial charge in [0.1, 0.15) is 11.8 Å². The van der Waals surface area contributed by atoms with Crippen molar-refractivity contribution in [1.29, 1.82) is 0 Å². The second kappa shape index (κ2) is 6.95. The van der Waals surface area contributed by atoms with Crippen molar-refractivity contribution in [3.05, 3.63) is 33.9 Å². The average molecular weight is 322 g/mol. The summed E-state index contributed by atoms with van der Waals surface area (Å²) in [6.45, 7) is 0.725. The summed E-state index contributed by atoms with van der Waals surface area (Å²) in [6, 6.07) is 4.26.